The first-order valence-electron chi connectivity index (χ1n) is 11.3. The van der Waals surface area contributed by atoms with Crippen molar-refractivity contribution in [3.63, 3.8) is 0 Å². The minimum atomic E-state index is -0.552. The number of primary amides is 1. The number of nitrogens with zero attached hydrogens (tertiary/aromatic N) is 1. The molecule has 4 N–H and O–H groups in total. The van der Waals surface area contributed by atoms with Crippen molar-refractivity contribution in [2.75, 3.05) is 41.8 Å². The zero-order chi connectivity index (χ0) is 24.4. The summed E-state index contributed by atoms with van der Waals surface area (Å²) in [6.45, 7) is 3.18. The topological polar surface area (TPSA) is 114 Å². The molecule has 8 heteroatoms. The summed E-state index contributed by atoms with van der Waals surface area (Å²) in [6, 6.07) is 19.3. The molecule has 5 rings (SSSR count). The Morgan fingerprint density at radius 3 is 2.26 bits per heavy atom. The monoisotopic (exact) mass is 468 g/mol. The van der Waals surface area contributed by atoms with Gasteiger partial charge in [0.05, 0.1) is 18.8 Å². The second kappa shape index (κ2) is 9.44. The van der Waals surface area contributed by atoms with Crippen molar-refractivity contribution >= 4 is 40.2 Å². The van der Waals surface area contributed by atoms with Crippen LogP contribution < -0.4 is 21.3 Å². The fourth-order valence-corrected chi connectivity index (χ4v) is 4.17. The molecule has 3 aromatic carbocycles. The maximum absolute atomic E-state index is 13.0. The maximum atomic E-state index is 13.0. The van der Waals surface area contributed by atoms with Crippen LogP contribution in [0.5, 0.6) is 0 Å². The molecule has 8 nitrogen and oxygen atoms in total. The molecule has 0 radical (unpaired) electrons. The van der Waals surface area contributed by atoms with E-state index in [0.29, 0.717) is 33.5 Å². The number of hydrogen-bond acceptors (Lipinski definition) is 6. The largest absolute Gasteiger partial charge is 0.378 e. The zero-order valence-electron chi connectivity index (χ0n) is 18.9. The van der Waals surface area contributed by atoms with Gasteiger partial charge in [-0.2, -0.15) is 0 Å². The highest BCUT2D eigenvalue weighted by atomic mass is 16.5. The summed E-state index contributed by atoms with van der Waals surface area (Å²) in [5, 5.41) is 6.02. The number of fused-ring (bicyclic) bond motifs is 1. The maximum Gasteiger partial charge on any atom is 0.257 e. The molecule has 2 aliphatic heterocycles. The number of nitrogens with one attached hydrogen (secondary N) is 2. The molecular weight excluding hydrogens is 444 g/mol. The molecule has 0 bridgehead atoms. The molecule has 3 aromatic rings. The molecule has 0 saturated carbocycles. The third kappa shape index (κ3) is 4.64. The summed E-state index contributed by atoms with van der Waals surface area (Å²) >= 11 is 0. The number of morpholine rings is 1. The fraction of sp³-hybridized carbons (Fsp3) is 0.148. The number of carbonyl (C=O) groups excluding carboxylic acids is 3. The van der Waals surface area contributed by atoms with Crippen molar-refractivity contribution in [3.8, 4) is 0 Å². The number of anilines is 3. The van der Waals surface area contributed by atoms with Gasteiger partial charge in [-0.15, -0.1) is 0 Å². The Morgan fingerprint density at radius 1 is 0.914 bits per heavy atom. The Hall–Kier alpha value is -4.43. The number of ketones is 1. The molecule has 0 aromatic heterocycles. The molecule has 0 spiro atoms. The lowest BCUT2D eigenvalue weighted by molar-refractivity contribution is -0.110. The molecule has 35 heavy (non-hydrogen) atoms. The summed E-state index contributed by atoms with van der Waals surface area (Å²) in [6.07, 6.45) is 1.65. The first-order chi connectivity index (χ1) is 17.0. The number of benzene rings is 3. The van der Waals surface area contributed by atoms with Crippen LogP contribution in [-0.4, -0.2) is 43.9 Å². The van der Waals surface area contributed by atoms with E-state index in [4.69, 9.17) is 10.5 Å². The summed E-state index contributed by atoms with van der Waals surface area (Å²) < 4.78 is 5.40. The lowest BCUT2D eigenvalue weighted by Crippen LogP contribution is -2.36. The van der Waals surface area contributed by atoms with Gasteiger partial charge < -0.3 is 26.0 Å². The van der Waals surface area contributed by atoms with Crippen molar-refractivity contribution in [3.05, 3.63) is 95.2 Å². The van der Waals surface area contributed by atoms with Gasteiger partial charge in [0, 0.05) is 58.6 Å². The molecule has 0 atom stereocenters. The van der Waals surface area contributed by atoms with Gasteiger partial charge in [-0.25, -0.2) is 0 Å². The number of amides is 2. The lowest BCUT2D eigenvalue weighted by Gasteiger charge is -2.28. The van der Waals surface area contributed by atoms with Gasteiger partial charge in [-0.05, 0) is 54.6 Å². The molecule has 0 aliphatic carbocycles. The van der Waals surface area contributed by atoms with Crippen molar-refractivity contribution in [1.29, 1.82) is 0 Å². The molecule has 2 aliphatic rings. The average Bonchev–Trinajstić information content (AvgIpc) is 3.22. The van der Waals surface area contributed by atoms with E-state index in [-0.39, 0.29) is 11.7 Å². The van der Waals surface area contributed by atoms with Gasteiger partial charge in [-0.1, -0.05) is 12.1 Å². The summed E-state index contributed by atoms with van der Waals surface area (Å²) in [5.41, 5.74) is 10.2. The Labute approximate surface area is 202 Å². The van der Waals surface area contributed by atoms with Crippen LogP contribution in [0.2, 0.25) is 0 Å². The first-order valence-corrected chi connectivity index (χ1v) is 11.3. The number of ether oxygens (including phenoxy) is 1. The Balaban J connectivity index is 1.34. The van der Waals surface area contributed by atoms with Crippen molar-refractivity contribution in [2.45, 2.75) is 0 Å². The molecule has 1 fully saturated rings. The quantitative estimate of drug-likeness (QED) is 0.378. The molecule has 1 saturated heterocycles. The summed E-state index contributed by atoms with van der Waals surface area (Å²) in [5.74, 6) is -1.01. The predicted molar refractivity (Wildman–Crippen MR) is 135 cm³/mol. The average molecular weight is 469 g/mol. The van der Waals surface area contributed by atoms with E-state index < -0.39 is 5.91 Å². The minimum Gasteiger partial charge on any atom is -0.378 e. The van der Waals surface area contributed by atoms with Crippen LogP contribution in [0, 0.1) is 0 Å². The van der Waals surface area contributed by atoms with Gasteiger partial charge in [0.2, 0.25) is 5.91 Å². The number of rotatable bonds is 6. The zero-order valence-corrected chi connectivity index (χ0v) is 18.9. The number of nitrogens with two attached hydrogens (primary N) is 1. The summed E-state index contributed by atoms with van der Waals surface area (Å²) in [4.78, 5) is 39.1. The van der Waals surface area contributed by atoms with E-state index in [1.54, 1.807) is 36.5 Å². The van der Waals surface area contributed by atoms with E-state index in [2.05, 4.69) is 15.5 Å². The number of carbonyl (C=O) groups is 3. The fourth-order valence-electron chi connectivity index (χ4n) is 4.17. The van der Waals surface area contributed by atoms with Crippen LogP contribution in [0.3, 0.4) is 0 Å². The minimum absolute atomic E-state index is 0.214. The van der Waals surface area contributed by atoms with E-state index in [1.807, 2.05) is 24.3 Å². The molecular formula is C27H24N4O4. The van der Waals surface area contributed by atoms with Crippen molar-refractivity contribution in [1.82, 2.24) is 0 Å². The Bertz CT molecular complexity index is 1320. The standard InChI is InChI=1S/C27H24N4O4/c28-26(33)18-3-1-17(2-4-18)25(32)19-5-10-24-22(15-19)23(27(34)30-24)16-29-20-6-8-21(9-7-20)31-11-13-35-14-12-31/h1-10,15-16,29H,11-14H2,(H2,28,33)(H,30,34). The van der Waals surface area contributed by atoms with Gasteiger partial charge in [-0.3, -0.25) is 14.4 Å². The third-order valence-electron chi connectivity index (χ3n) is 6.12. The lowest BCUT2D eigenvalue weighted by atomic mass is 9.98. The van der Waals surface area contributed by atoms with E-state index in [9.17, 15) is 14.4 Å². The highest BCUT2D eigenvalue weighted by Gasteiger charge is 2.25. The SMILES string of the molecule is NC(=O)c1ccc(C(=O)c2ccc3c(c2)C(=CNc2ccc(N4CCOCC4)cc2)C(=O)N3)cc1. The molecule has 2 heterocycles. The van der Waals surface area contributed by atoms with Gasteiger partial charge >= 0.3 is 0 Å². The van der Waals surface area contributed by atoms with Crippen molar-refractivity contribution in [2.24, 2.45) is 5.73 Å². The second-order valence-corrected chi connectivity index (χ2v) is 8.33. The summed E-state index contributed by atoms with van der Waals surface area (Å²) in [7, 11) is 0. The first kappa shape index (κ1) is 22.4. The Morgan fingerprint density at radius 2 is 1.57 bits per heavy atom. The van der Waals surface area contributed by atoms with Crippen LogP contribution >= 0.6 is 0 Å². The molecule has 2 amide bonds. The van der Waals surface area contributed by atoms with Crippen LogP contribution in [0.1, 0.15) is 31.8 Å². The second-order valence-electron chi connectivity index (χ2n) is 8.33. The smallest absolute Gasteiger partial charge is 0.257 e. The van der Waals surface area contributed by atoms with Crippen LogP contribution in [-0.2, 0) is 9.53 Å². The van der Waals surface area contributed by atoms with Crippen LogP contribution in [0.25, 0.3) is 5.57 Å². The van der Waals surface area contributed by atoms with Crippen molar-refractivity contribution < 1.29 is 19.1 Å². The van der Waals surface area contributed by atoms with Gasteiger partial charge in [0.1, 0.15) is 0 Å². The molecule has 0 unspecified atom stereocenters. The molecule has 176 valence electrons. The highest BCUT2D eigenvalue weighted by molar-refractivity contribution is 6.32. The van der Waals surface area contributed by atoms with Gasteiger partial charge in [0.25, 0.3) is 5.91 Å². The van der Waals surface area contributed by atoms with E-state index in [0.717, 1.165) is 37.7 Å². The van der Waals surface area contributed by atoms with Crippen LogP contribution in [0.4, 0.5) is 17.1 Å². The normalized spacial score (nSPS) is 16.1. The van der Waals surface area contributed by atoms with E-state index >= 15 is 0 Å². The van der Waals surface area contributed by atoms with E-state index in [1.165, 1.54) is 12.1 Å². The van der Waals surface area contributed by atoms with Gasteiger partial charge in [0.15, 0.2) is 5.78 Å². The highest BCUT2D eigenvalue weighted by Crippen LogP contribution is 2.33. The third-order valence-corrected chi connectivity index (χ3v) is 6.12. The predicted octanol–water partition coefficient (Wildman–Crippen LogP) is 3.26. The number of hydrogen-bond donors (Lipinski definition) is 3. The van der Waals surface area contributed by atoms with Crippen LogP contribution in [0.15, 0.2) is 72.9 Å². The Kier molecular flexibility index (Phi) is 6.03.